The van der Waals surface area contributed by atoms with Gasteiger partial charge in [-0.15, -0.1) is 0 Å². The summed E-state index contributed by atoms with van der Waals surface area (Å²) in [5, 5.41) is 0. The van der Waals surface area contributed by atoms with Crippen LogP contribution in [0.2, 0.25) is 0 Å². The van der Waals surface area contributed by atoms with Crippen molar-refractivity contribution in [1.29, 1.82) is 0 Å². The van der Waals surface area contributed by atoms with Crippen molar-refractivity contribution in [2.24, 2.45) is 11.7 Å². The van der Waals surface area contributed by atoms with Crippen LogP contribution in [0.4, 0.5) is 0 Å². The van der Waals surface area contributed by atoms with E-state index < -0.39 is 0 Å². The van der Waals surface area contributed by atoms with E-state index in [9.17, 15) is 0 Å². The van der Waals surface area contributed by atoms with Crippen molar-refractivity contribution in [3.8, 4) is 5.75 Å². The summed E-state index contributed by atoms with van der Waals surface area (Å²) in [6.07, 6.45) is 8.24. The van der Waals surface area contributed by atoms with E-state index in [0.29, 0.717) is 6.54 Å². The van der Waals surface area contributed by atoms with Crippen LogP contribution < -0.4 is 10.5 Å². The Morgan fingerprint density at radius 2 is 1.86 bits per heavy atom. The zero-order chi connectivity index (χ0) is 14.9. The Bertz CT molecular complexity index is 385. The van der Waals surface area contributed by atoms with Gasteiger partial charge in [-0.2, -0.15) is 0 Å². The van der Waals surface area contributed by atoms with Gasteiger partial charge in [-0.3, -0.25) is 0 Å². The molecule has 0 bridgehead atoms. The Morgan fingerprint density at radius 1 is 1.14 bits per heavy atom. The van der Waals surface area contributed by atoms with Gasteiger partial charge in [-0.05, 0) is 49.9 Å². The van der Waals surface area contributed by atoms with Gasteiger partial charge in [0.1, 0.15) is 5.75 Å². The molecule has 1 saturated carbocycles. The van der Waals surface area contributed by atoms with Crippen LogP contribution in [0, 0.1) is 5.92 Å². The maximum atomic E-state index is 5.78. The molecular formula is C18H30N2O. The van der Waals surface area contributed by atoms with Crippen molar-refractivity contribution in [3.05, 3.63) is 29.8 Å². The van der Waals surface area contributed by atoms with Gasteiger partial charge in [-0.25, -0.2) is 0 Å². The molecule has 1 aromatic carbocycles. The maximum absolute atomic E-state index is 5.78. The van der Waals surface area contributed by atoms with Gasteiger partial charge < -0.3 is 15.4 Å². The topological polar surface area (TPSA) is 38.5 Å². The lowest BCUT2D eigenvalue weighted by molar-refractivity contribution is 0.214. The lowest BCUT2D eigenvalue weighted by Gasteiger charge is -2.26. The Balaban J connectivity index is 1.57. The maximum Gasteiger partial charge on any atom is 0.119 e. The number of hydrogen-bond acceptors (Lipinski definition) is 3. The summed E-state index contributed by atoms with van der Waals surface area (Å²) in [6.45, 7) is 3.76. The minimum Gasteiger partial charge on any atom is -0.494 e. The van der Waals surface area contributed by atoms with Gasteiger partial charge in [0, 0.05) is 19.6 Å². The lowest BCUT2D eigenvalue weighted by atomic mass is 9.89. The first-order valence-electron chi connectivity index (χ1n) is 8.38. The molecule has 0 unspecified atom stereocenters. The van der Waals surface area contributed by atoms with E-state index in [1.54, 1.807) is 0 Å². The summed E-state index contributed by atoms with van der Waals surface area (Å²) >= 11 is 0. The molecule has 0 heterocycles. The minimum atomic E-state index is 0.590. The molecule has 0 amide bonds. The number of benzene rings is 1. The van der Waals surface area contributed by atoms with E-state index >= 15 is 0 Å². The summed E-state index contributed by atoms with van der Waals surface area (Å²) < 4.78 is 5.78. The van der Waals surface area contributed by atoms with Crippen LogP contribution in [0.15, 0.2) is 24.3 Å². The van der Waals surface area contributed by atoms with E-state index in [4.69, 9.17) is 10.5 Å². The quantitative estimate of drug-likeness (QED) is 0.746. The summed E-state index contributed by atoms with van der Waals surface area (Å²) in [5.41, 5.74) is 6.73. The fraction of sp³-hybridized carbons (Fsp3) is 0.667. The number of nitrogens with zero attached hydrogens (tertiary/aromatic N) is 1. The van der Waals surface area contributed by atoms with E-state index in [-0.39, 0.29) is 0 Å². The van der Waals surface area contributed by atoms with Gasteiger partial charge in [-0.1, -0.05) is 31.4 Å². The second kappa shape index (κ2) is 9.06. The average Bonchev–Trinajstić information content (AvgIpc) is 2.53. The van der Waals surface area contributed by atoms with Gasteiger partial charge >= 0.3 is 0 Å². The molecule has 0 aliphatic heterocycles. The molecule has 1 aliphatic carbocycles. The molecule has 2 N–H and O–H groups in total. The average molecular weight is 290 g/mol. The molecule has 0 spiro atoms. The monoisotopic (exact) mass is 290 g/mol. The third-order valence-corrected chi connectivity index (χ3v) is 4.41. The fourth-order valence-corrected chi connectivity index (χ4v) is 3.15. The number of rotatable bonds is 8. The molecule has 3 nitrogen and oxygen atoms in total. The predicted octanol–water partition coefficient (Wildman–Crippen LogP) is 3.43. The zero-order valence-electron chi connectivity index (χ0n) is 13.4. The Kier molecular flexibility index (Phi) is 7.04. The van der Waals surface area contributed by atoms with E-state index in [2.05, 4.69) is 11.9 Å². The van der Waals surface area contributed by atoms with Crippen LogP contribution in [0.1, 0.15) is 44.1 Å². The molecule has 1 aliphatic rings. The minimum absolute atomic E-state index is 0.590. The molecule has 0 atom stereocenters. The second-order valence-corrected chi connectivity index (χ2v) is 6.32. The molecule has 0 aromatic heterocycles. The first-order valence-corrected chi connectivity index (χ1v) is 8.38. The molecule has 118 valence electrons. The summed E-state index contributed by atoms with van der Waals surface area (Å²) in [5.74, 6) is 1.87. The molecule has 0 saturated heterocycles. The highest BCUT2D eigenvalue weighted by Crippen LogP contribution is 2.24. The molecule has 1 aromatic rings. The van der Waals surface area contributed by atoms with Crippen molar-refractivity contribution in [2.45, 2.75) is 45.1 Å². The van der Waals surface area contributed by atoms with Crippen LogP contribution in [0.3, 0.4) is 0 Å². The summed E-state index contributed by atoms with van der Waals surface area (Å²) in [4.78, 5) is 2.47. The first kappa shape index (κ1) is 16.3. The Hall–Kier alpha value is -1.06. The van der Waals surface area contributed by atoms with Crippen molar-refractivity contribution in [2.75, 3.05) is 26.7 Å². The van der Waals surface area contributed by atoms with E-state index in [0.717, 1.165) is 36.8 Å². The number of nitrogens with two attached hydrogens (primary N) is 1. The predicted molar refractivity (Wildman–Crippen MR) is 88.5 cm³/mol. The van der Waals surface area contributed by atoms with Crippen LogP contribution in [0.25, 0.3) is 0 Å². The molecule has 21 heavy (non-hydrogen) atoms. The van der Waals surface area contributed by atoms with Crippen molar-refractivity contribution >= 4 is 0 Å². The highest BCUT2D eigenvalue weighted by atomic mass is 16.5. The number of hydrogen-bond donors (Lipinski definition) is 1. The van der Waals surface area contributed by atoms with Crippen LogP contribution in [-0.2, 0) is 6.54 Å². The molecular weight excluding hydrogens is 260 g/mol. The molecule has 3 heteroatoms. The van der Waals surface area contributed by atoms with Crippen LogP contribution in [0.5, 0.6) is 5.75 Å². The van der Waals surface area contributed by atoms with Crippen molar-refractivity contribution < 1.29 is 4.74 Å². The Labute approximate surface area is 129 Å². The van der Waals surface area contributed by atoms with E-state index in [1.165, 1.54) is 38.6 Å². The largest absolute Gasteiger partial charge is 0.494 e. The van der Waals surface area contributed by atoms with Crippen LogP contribution in [-0.4, -0.2) is 31.6 Å². The van der Waals surface area contributed by atoms with Gasteiger partial charge in [0.25, 0.3) is 0 Å². The molecule has 2 rings (SSSR count). The van der Waals surface area contributed by atoms with Gasteiger partial charge in [0.2, 0.25) is 0 Å². The normalized spacial score (nSPS) is 16.3. The third-order valence-electron chi connectivity index (χ3n) is 4.41. The summed E-state index contributed by atoms with van der Waals surface area (Å²) in [7, 11) is 2.24. The fourth-order valence-electron chi connectivity index (χ4n) is 3.15. The standard InChI is InChI=1S/C18H30N2O/c1-20(15-17-6-3-2-4-7-17)12-5-13-21-18-10-8-16(14-19)9-11-18/h8-11,17H,2-7,12-15,19H2,1H3. The second-order valence-electron chi connectivity index (χ2n) is 6.32. The van der Waals surface area contributed by atoms with E-state index in [1.807, 2.05) is 24.3 Å². The smallest absolute Gasteiger partial charge is 0.119 e. The third kappa shape index (κ3) is 6.06. The van der Waals surface area contributed by atoms with Crippen molar-refractivity contribution in [1.82, 2.24) is 4.90 Å². The Morgan fingerprint density at radius 3 is 2.52 bits per heavy atom. The highest BCUT2D eigenvalue weighted by molar-refractivity contribution is 5.26. The first-order chi connectivity index (χ1) is 10.3. The summed E-state index contributed by atoms with van der Waals surface area (Å²) in [6, 6.07) is 8.08. The number of ether oxygens (including phenoxy) is 1. The van der Waals surface area contributed by atoms with Crippen LogP contribution >= 0.6 is 0 Å². The van der Waals surface area contributed by atoms with Crippen molar-refractivity contribution in [3.63, 3.8) is 0 Å². The highest BCUT2D eigenvalue weighted by Gasteiger charge is 2.14. The van der Waals surface area contributed by atoms with Gasteiger partial charge in [0.05, 0.1) is 6.61 Å². The molecule has 0 radical (unpaired) electrons. The zero-order valence-corrected chi connectivity index (χ0v) is 13.4. The molecule has 1 fully saturated rings. The lowest BCUT2D eigenvalue weighted by Crippen LogP contribution is -2.28. The van der Waals surface area contributed by atoms with Gasteiger partial charge in [0.15, 0.2) is 0 Å². The SMILES string of the molecule is CN(CCCOc1ccc(CN)cc1)CC1CCCCC1.